The Kier molecular flexibility index (Phi) is 8.21. The maximum atomic E-state index is 12.4. The Bertz CT molecular complexity index is 492. The number of amides is 1. The highest BCUT2D eigenvalue weighted by Gasteiger charge is 2.33. The number of carbonyl (C=O) groups is 3. The number of nitrogens with one attached hydrogen (secondary N) is 2. The zero-order valence-electron chi connectivity index (χ0n) is 15.6. The predicted octanol–water partition coefficient (Wildman–Crippen LogP) is 1.75. The smallest absolute Gasteiger partial charge is 0.329 e. The SMILES string of the molecule is CC[C@@H](CC(NC(C)=O)C(=O)OC(C)(C)C)C[C@@H]1N[C@H](C(=O)O)CS1. The summed E-state index contributed by atoms with van der Waals surface area (Å²) in [5.41, 5.74) is -0.618. The fourth-order valence-corrected chi connectivity index (χ4v) is 4.04. The van der Waals surface area contributed by atoms with E-state index in [9.17, 15) is 14.4 Å². The Balaban J connectivity index is 2.67. The van der Waals surface area contributed by atoms with Gasteiger partial charge >= 0.3 is 11.9 Å². The third kappa shape index (κ3) is 8.09. The molecule has 25 heavy (non-hydrogen) atoms. The molecular formula is C17H30N2O5S. The second-order valence-corrected chi connectivity index (χ2v) is 8.65. The van der Waals surface area contributed by atoms with Gasteiger partial charge in [0.2, 0.25) is 5.91 Å². The Morgan fingerprint density at radius 2 is 2.00 bits per heavy atom. The number of hydrogen-bond acceptors (Lipinski definition) is 6. The highest BCUT2D eigenvalue weighted by atomic mass is 32.2. The first-order chi connectivity index (χ1) is 11.5. The topological polar surface area (TPSA) is 105 Å². The first-order valence-electron chi connectivity index (χ1n) is 8.62. The minimum atomic E-state index is -0.840. The Hall–Kier alpha value is -1.28. The van der Waals surface area contributed by atoms with Gasteiger partial charge in [-0.25, -0.2) is 4.79 Å². The molecule has 1 rings (SSSR count). The molecule has 144 valence electrons. The maximum Gasteiger partial charge on any atom is 0.329 e. The van der Waals surface area contributed by atoms with Gasteiger partial charge < -0.3 is 15.2 Å². The van der Waals surface area contributed by atoms with E-state index < -0.39 is 29.6 Å². The molecule has 1 amide bonds. The average molecular weight is 375 g/mol. The first-order valence-corrected chi connectivity index (χ1v) is 9.67. The molecule has 1 unspecified atom stereocenters. The number of carboxylic acid groups (broad SMARTS) is 1. The van der Waals surface area contributed by atoms with Gasteiger partial charge in [0.05, 0.1) is 5.37 Å². The molecule has 0 aromatic heterocycles. The van der Waals surface area contributed by atoms with Gasteiger partial charge in [-0.3, -0.25) is 14.9 Å². The van der Waals surface area contributed by atoms with Gasteiger partial charge in [-0.1, -0.05) is 13.3 Å². The van der Waals surface area contributed by atoms with Gasteiger partial charge in [0.25, 0.3) is 0 Å². The van der Waals surface area contributed by atoms with E-state index in [2.05, 4.69) is 10.6 Å². The summed E-state index contributed by atoms with van der Waals surface area (Å²) in [5.74, 6) is -0.839. The highest BCUT2D eigenvalue weighted by molar-refractivity contribution is 8.00. The van der Waals surface area contributed by atoms with E-state index in [4.69, 9.17) is 9.84 Å². The molecule has 0 saturated carbocycles. The van der Waals surface area contributed by atoms with Crippen LogP contribution in [0.5, 0.6) is 0 Å². The molecule has 1 saturated heterocycles. The van der Waals surface area contributed by atoms with Crippen LogP contribution in [0, 0.1) is 5.92 Å². The fraction of sp³-hybridized carbons (Fsp3) is 0.824. The van der Waals surface area contributed by atoms with E-state index in [0.29, 0.717) is 12.2 Å². The van der Waals surface area contributed by atoms with E-state index in [1.54, 1.807) is 32.5 Å². The van der Waals surface area contributed by atoms with Gasteiger partial charge in [0, 0.05) is 12.7 Å². The average Bonchev–Trinajstić information content (AvgIpc) is 2.92. The summed E-state index contributed by atoms with van der Waals surface area (Å²) >= 11 is 1.59. The third-order valence-electron chi connectivity index (χ3n) is 3.91. The van der Waals surface area contributed by atoms with Crippen molar-refractivity contribution in [3.8, 4) is 0 Å². The van der Waals surface area contributed by atoms with Gasteiger partial charge in [-0.05, 0) is 39.5 Å². The summed E-state index contributed by atoms with van der Waals surface area (Å²) in [6.07, 6.45) is 2.04. The Labute approximate surface area is 153 Å². The second-order valence-electron chi connectivity index (χ2n) is 7.41. The lowest BCUT2D eigenvalue weighted by molar-refractivity contribution is -0.159. The molecule has 7 nitrogen and oxygen atoms in total. The van der Waals surface area contributed by atoms with E-state index in [1.165, 1.54) is 6.92 Å². The molecule has 0 aliphatic carbocycles. The van der Waals surface area contributed by atoms with E-state index in [-0.39, 0.29) is 17.2 Å². The summed E-state index contributed by atoms with van der Waals surface area (Å²) < 4.78 is 5.41. The molecule has 0 aromatic carbocycles. The standard InChI is InChI=1S/C17H30N2O5S/c1-6-11(8-14-19-13(9-25-14)15(21)22)7-12(18-10(2)20)16(23)24-17(3,4)5/h11-14,19H,6-9H2,1-5H3,(H,18,20)(H,21,22)/t11-,12?,13-,14+/m0/s1. The Morgan fingerprint density at radius 1 is 1.36 bits per heavy atom. The maximum absolute atomic E-state index is 12.4. The number of aliphatic carboxylic acids is 1. The van der Waals surface area contributed by atoms with E-state index in [0.717, 1.165) is 12.8 Å². The van der Waals surface area contributed by atoms with Gasteiger partial charge in [-0.2, -0.15) is 0 Å². The first kappa shape index (κ1) is 21.8. The van der Waals surface area contributed by atoms with Crippen LogP contribution in [0.2, 0.25) is 0 Å². The van der Waals surface area contributed by atoms with E-state index >= 15 is 0 Å². The zero-order chi connectivity index (χ0) is 19.2. The minimum absolute atomic E-state index is 0.0441. The molecule has 8 heteroatoms. The fourth-order valence-electron chi connectivity index (χ4n) is 2.71. The number of rotatable bonds is 8. The summed E-state index contributed by atoms with van der Waals surface area (Å²) in [5, 5.41) is 14.9. The molecule has 0 aromatic rings. The molecule has 1 heterocycles. The predicted molar refractivity (Wildman–Crippen MR) is 97.3 cm³/mol. The highest BCUT2D eigenvalue weighted by Crippen LogP contribution is 2.28. The van der Waals surface area contributed by atoms with Crippen molar-refractivity contribution in [2.75, 3.05) is 5.75 Å². The number of ether oxygens (including phenoxy) is 1. The molecule has 1 fully saturated rings. The Morgan fingerprint density at radius 3 is 2.44 bits per heavy atom. The number of thioether (sulfide) groups is 1. The van der Waals surface area contributed by atoms with Gasteiger partial charge in [0.15, 0.2) is 0 Å². The van der Waals surface area contributed by atoms with E-state index in [1.807, 2.05) is 6.92 Å². The summed E-state index contributed by atoms with van der Waals surface area (Å²) in [4.78, 5) is 34.9. The molecule has 1 aliphatic heterocycles. The van der Waals surface area contributed by atoms with Crippen molar-refractivity contribution in [1.29, 1.82) is 0 Å². The van der Waals surface area contributed by atoms with Crippen molar-refractivity contribution in [2.24, 2.45) is 5.92 Å². The van der Waals surface area contributed by atoms with Gasteiger partial charge in [-0.15, -0.1) is 11.8 Å². The van der Waals surface area contributed by atoms with Crippen LogP contribution in [-0.4, -0.2) is 51.8 Å². The van der Waals surface area contributed by atoms with Crippen LogP contribution < -0.4 is 10.6 Å². The summed E-state index contributed by atoms with van der Waals surface area (Å²) in [6.45, 7) is 8.78. The van der Waals surface area contributed by atoms with Gasteiger partial charge in [0.1, 0.15) is 17.7 Å². The van der Waals surface area contributed by atoms with Crippen LogP contribution in [0.1, 0.15) is 53.9 Å². The van der Waals surface area contributed by atoms with Crippen molar-refractivity contribution in [3.63, 3.8) is 0 Å². The summed E-state index contributed by atoms with van der Waals surface area (Å²) in [7, 11) is 0. The van der Waals surface area contributed by atoms with Crippen molar-refractivity contribution in [3.05, 3.63) is 0 Å². The number of esters is 1. The molecule has 4 atom stereocenters. The van der Waals surface area contributed by atoms with Crippen LogP contribution in [0.3, 0.4) is 0 Å². The number of carbonyl (C=O) groups excluding carboxylic acids is 2. The monoisotopic (exact) mass is 374 g/mol. The van der Waals surface area contributed by atoms with Crippen LogP contribution in [-0.2, 0) is 19.1 Å². The lowest BCUT2D eigenvalue weighted by Crippen LogP contribution is -2.45. The number of hydrogen-bond donors (Lipinski definition) is 3. The van der Waals surface area contributed by atoms with Crippen LogP contribution in [0.15, 0.2) is 0 Å². The minimum Gasteiger partial charge on any atom is -0.480 e. The molecule has 1 aliphatic rings. The van der Waals surface area contributed by atoms with Crippen LogP contribution in [0.25, 0.3) is 0 Å². The second kappa shape index (κ2) is 9.43. The molecular weight excluding hydrogens is 344 g/mol. The van der Waals surface area contributed by atoms with Crippen LogP contribution in [0.4, 0.5) is 0 Å². The summed E-state index contributed by atoms with van der Waals surface area (Å²) in [6, 6.07) is -1.21. The van der Waals surface area contributed by atoms with Crippen molar-refractivity contribution in [2.45, 2.75) is 76.9 Å². The lowest BCUT2D eigenvalue weighted by Gasteiger charge is -2.27. The number of carboxylic acids is 1. The molecule has 0 radical (unpaired) electrons. The van der Waals surface area contributed by atoms with Crippen molar-refractivity contribution in [1.82, 2.24) is 10.6 Å². The largest absolute Gasteiger partial charge is 0.480 e. The van der Waals surface area contributed by atoms with Crippen LogP contribution >= 0.6 is 11.8 Å². The molecule has 0 spiro atoms. The molecule has 3 N–H and O–H groups in total. The van der Waals surface area contributed by atoms with Crippen molar-refractivity contribution >= 4 is 29.6 Å². The normalized spacial score (nSPS) is 22.9. The third-order valence-corrected chi connectivity index (χ3v) is 5.17. The quantitative estimate of drug-likeness (QED) is 0.556. The van der Waals surface area contributed by atoms with Crippen molar-refractivity contribution < 1.29 is 24.2 Å². The molecule has 0 bridgehead atoms. The zero-order valence-corrected chi connectivity index (χ0v) is 16.4. The lowest BCUT2D eigenvalue weighted by atomic mass is 9.93.